The van der Waals surface area contributed by atoms with Crippen LogP contribution in [0.3, 0.4) is 0 Å². The molecule has 2 aromatic carbocycles. The third-order valence-electron chi connectivity index (χ3n) is 3.97. The number of rotatable bonds is 8. The summed E-state index contributed by atoms with van der Waals surface area (Å²) in [4.78, 5) is 11.5. The van der Waals surface area contributed by atoms with Crippen LogP contribution < -0.4 is 11.1 Å². The van der Waals surface area contributed by atoms with Crippen LogP contribution in [0.5, 0.6) is 0 Å². The van der Waals surface area contributed by atoms with E-state index in [2.05, 4.69) is 5.32 Å². The maximum Gasteiger partial charge on any atom is 0.243 e. The Bertz CT molecular complexity index is 858. The fraction of sp³-hybridized carbons (Fsp3) is 0.316. The number of anilines is 1. The van der Waals surface area contributed by atoms with E-state index in [1.165, 1.54) is 17.3 Å². The van der Waals surface area contributed by atoms with Crippen molar-refractivity contribution in [3.63, 3.8) is 0 Å². The molecule has 0 saturated carbocycles. The Hall–Kier alpha value is -1.93. The summed E-state index contributed by atoms with van der Waals surface area (Å²) in [5.74, 6) is -0.244. The molecule has 0 bridgehead atoms. The first kappa shape index (κ1) is 23.1. The number of carbonyl (C=O) groups excluding carboxylic acids is 1. The van der Waals surface area contributed by atoms with Crippen LogP contribution >= 0.6 is 12.4 Å². The Morgan fingerprint density at radius 2 is 1.81 bits per heavy atom. The summed E-state index contributed by atoms with van der Waals surface area (Å²) in [6.07, 6.45) is 0.566. The summed E-state index contributed by atoms with van der Waals surface area (Å²) >= 11 is 0. The van der Waals surface area contributed by atoms with Gasteiger partial charge in [0, 0.05) is 25.7 Å². The maximum atomic E-state index is 13.2. The highest BCUT2D eigenvalue weighted by atomic mass is 35.5. The molecule has 0 aliphatic heterocycles. The minimum atomic E-state index is -3.72. The van der Waals surface area contributed by atoms with Crippen LogP contribution in [-0.2, 0) is 21.4 Å². The fourth-order valence-electron chi connectivity index (χ4n) is 2.57. The predicted molar refractivity (Wildman–Crippen MR) is 110 cm³/mol. The largest absolute Gasteiger partial charge is 0.330 e. The molecule has 0 unspecified atom stereocenters. The Balaban J connectivity index is 0.00000364. The van der Waals surface area contributed by atoms with E-state index in [9.17, 15) is 13.2 Å². The molecule has 148 valence electrons. The van der Waals surface area contributed by atoms with Gasteiger partial charge in [0.1, 0.15) is 0 Å². The van der Waals surface area contributed by atoms with Gasteiger partial charge in [0.05, 0.1) is 4.90 Å². The summed E-state index contributed by atoms with van der Waals surface area (Å²) in [5, 5.41) is 2.68. The minimum Gasteiger partial charge on any atom is -0.330 e. The normalized spacial score (nSPS) is 11.1. The second-order valence-electron chi connectivity index (χ2n) is 6.12. The fourth-order valence-corrected chi connectivity index (χ4v) is 4.07. The number of hydrogen-bond acceptors (Lipinski definition) is 4. The molecule has 2 aromatic rings. The van der Waals surface area contributed by atoms with Gasteiger partial charge in [-0.3, -0.25) is 4.79 Å². The molecule has 27 heavy (non-hydrogen) atoms. The van der Waals surface area contributed by atoms with Gasteiger partial charge in [-0.1, -0.05) is 36.4 Å². The van der Waals surface area contributed by atoms with Crippen molar-refractivity contribution < 1.29 is 13.2 Å². The first-order valence-electron chi connectivity index (χ1n) is 8.47. The van der Waals surface area contributed by atoms with E-state index in [4.69, 9.17) is 5.73 Å². The number of nitrogens with one attached hydrogen (secondary N) is 1. The molecule has 8 heteroatoms. The molecule has 0 atom stereocenters. The number of nitrogens with two attached hydrogens (primary N) is 1. The lowest BCUT2D eigenvalue weighted by Crippen LogP contribution is -2.32. The van der Waals surface area contributed by atoms with Gasteiger partial charge < -0.3 is 11.1 Å². The van der Waals surface area contributed by atoms with Crippen molar-refractivity contribution in [3.8, 4) is 0 Å². The van der Waals surface area contributed by atoms with Crippen molar-refractivity contribution in [2.45, 2.75) is 31.7 Å². The van der Waals surface area contributed by atoms with Gasteiger partial charge in [-0.25, -0.2) is 8.42 Å². The van der Waals surface area contributed by atoms with Gasteiger partial charge in [0.25, 0.3) is 0 Å². The van der Waals surface area contributed by atoms with Crippen LogP contribution in [0.25, 0.3) is 0 Å². The van der Waals surface area contributed by atoms with Crippen molar-refractivity contribution in [1.82, 2.24) is 4.31 Å². The van der Waals surface area contributed by atoms with Gasteiger partial charge in [0.2, 0.25) is 15.9 Å². The number of amides is 1. The number of carbonyl (C=O) groups is 1. The van der Waals surface area contributed by atoms with E-state index >= 15 is 0 Å². The van der Waals surface area contributed by atoms with E-state index in [-0.39, 0.29) is 29.8 Å². The van der Waals surface area contributed by atoms with Crippen molar-refractivity contribution in [2.75, 3.05) is 18.4 Å². The lowest BCUT2D eigenvalue weighted by Gasteiger charge is -2.23. The zero-order valence-corrected chi connectivity index (χ0v) is 17.1. The van der Waals surface area contributed by atoms with Gasteiger partial charge >= 0.3 is 0 Å². The number of benzene rings is 2. The van der Waals surface area contributed by atoms with Crippen LogP contribution in [-0.4, -0.2) is 31.7 Å². The molecule has 0 radical (unpaired) electrons. The van der Waals surface area contributed by atoms with E-state index < -0.39 is 10.0 Å². The molecule has 6 nitrogen and oxygen atoms in total. The average molecular weight is 412 g/mol. The molecule has 1 amide bonds. The van der Waals surface area contributed by atoms with Gasteiger partial charge in [0.15, 0.2) is 0 Å². The highest BCUT2D eigenvalue weighted by Crippen LogP contribution is 2.24. The monoisotopic (exact) mass is 411 g/mol. The Morgan fingerprint density at radius 1 is 1.15 bits per heavy atom. The molecule has 0 fully saturated rings. The highest BCUT2D eigenvalue weighted by Gasteiger charge is 2.25. The zero-order chi connectivity index (χ0) is 19.2. The van der Waals surface area contributed by atoms with E-state index in [0.717, 1.165) is 11.1 Å². The van der Waals surface area contributed by atoms with Crippen molar-refractivity contribution >= 4 is 34.0 Å². The van der Waals surface area contributed by atoms with Crippen LogP contribution in [0.4, 0.5) is 5.69 Å². The standard InChI is InChI=1S/C19H25N3O3S.ClH/c1-15-9-10-18(13-19(15)21-16(2)23)26(24,25)22(12-6-11-20)14-17-7-4-3-5-8-17;/h3-5,7-10,13H,6,11-12,14,20H2,1-2H3,(H,21,23);1H. The molecular formula is C19H26ClN3O3S. The topological polar surface area (TPSA) is 92.5 Å². The van der Waals surface area contributed by atoms with E-state index in [0.29, 0.717) is 25.2 Å². The van der Waals surface area contributed by atoms with E-state index in [1.54, 1.807) is 12.1 Å². The van der Waals surface area contributed by atoms with Crippen molar-refractivity contribution in [2.24, 2.45) is 5.73 Å². The third kappa shape index (κ3) is 6.32. The molecule has 0 spiro atoms. The van der Waals surface area contributed by atoms with E-state index in [1.807, 2.05) is 37.3 Å². The second-order valence-corrected chi connectivity index (χ2v) is 8.06. The zero-order valence-electron chi connectivity index (χ0n) is 15.5. The minimum absolute atomic E-state index is 0. The molecule has 0 aliphatic carbocycles. The molecule has 0 heterocycles. The molecule has 2 rings (SSSR count). The predicted octanol–water partition coefficient (Wildman–Crippen LogP) is 2.91. The second kappa shape index (κ2) is 10.4. The Kier molecular flexibility index (Phi) is 8.92. The van der Waals surface area contributed by atoms with Crippen LogP contribution in [0.2, 0.25) is 0 Å². The Labute approximate surface area is 167 Å². The molecule has 0 saturated heterocycles. The summed E-state index contributed by atoms with van der Waals surface area (Å²) in [5.41, 5.74) is 7.79. The summed E-state index contributed by atoms with van der Waals surface area (Å²) in [6.45, 7) is 4.22. The quantitative estimate of drug-likeness (QED) is 0.698. The lowest BCUT2D eigenvalue weighted by molar-refractivity contribution is -0.114. The maximum absolute atomic E-state index is 13.2. The first-order valence-corrected chi connectivity index (χ1v) is 9.91. The smallest absolute Gasteiger partial charge is 0.243 e. The third-order valence-corrected chi connectivity index (χ3v) is 5.81. The van der Waals surface area contributed by atoms with Crippen molar-refractivity contribution in [3.05, 3.63) is 59.7 Å². The summed E-state index contributed by atoms with van der Waals surface area (Å²) in [7, 11) is -3.72. The molecule has 3 N–H and O–H groups in total. The molecular weight excluding hydrogens is 386 g/mol. The SMILES string of the molecule is CC(=O)Nc1cc(S(=O)(=O)N(CCCN)Cc2ccccc2)ccc1C.Cl. The number of hydrogen-bond donors (Lipinski definition) is 2. The Morgan fingerprint density at radius 3 is 2.41 bits per heavy atom. The van der Waals surface area contributed by atoms with Crippen LogP contribution in [0.15, 0.2) is 53.4 Å². The van der Waals surface area contributed by atoms with Gasteiger partial charge in [-0.15, -0.1) is 12.4 Å². The summed E-state index contributed by atoms with van der Waals surface area (Å²) < 4.78 is 27.8. The average Bonchev–Trinajstić information content (AvgIpc) is 2.60. The molecule has 0 aromatic heterocycles. The molecule has 0 aliphatic rings. The number of nitrogens with zero attached hydrogens (tertiary/aromatic N) is 1. The van der Waals surface area contributed by atoms with Crippen LogP contribution in [0, 0.1) is 6.92 Å². The highest BCUT2D eigenvalue weighted by molar-refractivity contribution is 7.89. The number of halogens is 1. The van der Waals surface area contributed by atoms with Crippen LogP contribution in [0.1, 0.15) is 24.5 Å². The number of aryl methyl sites for hydroxylation is 1. The number of sulfonamides is 1. The van der Waals surface area contributed by atoms with Crippen molar-refractivity contribution in [1.29, 1.82) is 0 Å². The summed E-state index contributed by atoms with van der Waals surface area (Å²) in [6, 6.07) is 14.2. The first-order chi connectivity index (χ1) is 12.3. The lowest BCUT2D eigenvalue weighted by atomic mass is 10.2. The van der Waals surface area contributed by atoms with Gasteiger partial charge in [-0.2, -0.15) is 4.31 Å². The van der Waals surface area contributed by atoms with Gasteiger partial charge in [-0.05, 0) is 43.1 Å².